The Morgan fingerprint density at radius 2 is 1.71 bits per heavy atom. The fourth-order valence-corrected chi connectivity index (χ4v) is 5.19. The summed E-state index contributed by atoms with van der Waals surface area (Å²) in [6.07, 6.45) is 1.62. The molecule has 3 N–H and O–H groups in total. The highest BCUT2D eigenvalue weighted by atomic mass is 16.5. The number of aliphatic hydroxyl groups excluding tert-OH is 1. The molecule has 0 spiro atoms. The zero-order valence-electron chi connectivity index (χ0n) is 20.4. The number of phenols is 2. The van der Waals surface area contributed by atoms with Crippen LogP contribution in [0.3, 0.4) is 0 Å². The molecule has 4 rings (SSSR count). The standard InChI is InChI=1S/C25H28N2O8/c1-10-18(28)13-7-8-27(12(3)15(13)22(32)24(10)35-6)25(33)17-21(31)16-14(9-26(17)4)20(30)23(34-5)11(2)19(16)29/h7-8,12,17,25,28,32-33H,9H2,1-6H3/t12-,17?,25-/m0/s1. The van der Waals surface area contributed by atoms with Gasteiger partial charge in [0.2, 0.25) is 5.78 Å². The summed E-state index contributed by atoms with van der Waals surface area (Å²) in [4.78, 5) is 42.3. The second-order valence-corrected chi connectivity index (χ2v) is 8.93. The number of likely N-dealkylation sites (N-methyl/N-ethyl adjacent to an activating group) is 1. The van der Waals surface area contributed by atoms with E-state index in [1.165, 1.54) is 43.2 Å². The third-order valence-electron chi connectivity index (χ3n) is 7.07. The van der Waals surface area contributed by atoms with Crippen LogP contribution >= 0.6 is 0 Å². The number of carbonyl (C=O) groups is 3. The third-order valence-corrected chi connectivity index (χ3v) is 7.07. The molecule has 2 aliphatic heterocycles. The van der Waals surface area contributed by atoms with E-state index in [0.717, 1.165) is 0 Å². The van der Waals surface area contributed by atoms with Crippen LogP contribution in [-0.2, 0) is 19.1 Å². The first-order valence-corrected chi connectivity index (χ1v) is 11.1. The lowest BCUT2D eigenvalue weighted by atomic mass is 9.80. The number of ether oxygens (including phenoxy) is 2. The predicted molar refractivity (Wildman–Crippen MR) is 125 cm³/mol. The van der Waals surface area contributed by atoms with Crippen LogP contribution in [0, 0.1) is 6.92 Å². The number of methoxy groups -OCH3 is 2. The quantitative estimate of drug-likeness (QED) is 0.326. The van der Waals surface area contributed by atoms with E-state index in [9.17, 15) is 29.7 Å². The number of aliphatic hydroxyl groups is 1. The first-order valence-electron chi connectivity index (χ1n) is 11.1. The Kier molecular flexibility index (Phi) is 5.98. The SMILES string of the molecule is COC1=C(C)C(=O)C2=C(CN(C)C([C@H](O)N3C=Cc4c(O)c(C)c(OC)c(O)c4[C@@H]3C)C2=O)C1=O. The second-order valence-electron chi connectivity index (χ2n) is 8.93. The van der Waals surface area contributed by atoms with Gasteiger partial charge in [0.15, 0.2) is 28.8 Å². The fraction of sp³-hybridized carbons (Fsp3) is 0.400. The molecule has 3 atom stereocenters. The van der Waals surface area contributed by atoms with Crippen molar-refractivity contribution < 1.29 is 39.2 Å². The van der Waals surface area contributed by atoms with Crippen molar-refractivity contribution in [2.45, 2.75) is 39.1 Å². The van der Waals surface area contributed by atoms with Crippen molar-refractivity contribution in [3.63, 3.8) is 0 Å². The number of rotatable bonds is 4. The Balaban J connectivity index is 1.73. The molecule has 0 radical (unpaired) electrons. The van der Waals surface area contributed by atoms with Crippen molar-refractivity contribution in [2.24, 2.45) is 0 Å². The second kappa shape index (κ2) is 8.54. The molecule has 2 heterocycles. The summed E-state index contributed by atoms with van der Waals surface area (Å²) in [6.45, 7) is 4.71. The van der Waals surface area contributed by atoms with Crippen molar-refractivity contribution in [3.8, 4) is 17.2 Å². The molecule has 186 valence electrons. The first-order chi connectivity index (χ1) is 16.5. The highest BCUT2D eigenvalue weighted by Crippen LogP contribution is 2.49. The Bertz CT molecular complexity index is 1260. The molecule has 0 aromatic heterocycles. The number of carbonyl (C=O) groups excluding carboxylic acids is 3. The lowest BCUT2D eigenvalue weighted by molar-refractivity contribution is -0.135. The predicted octanol–water partition coefficient (Wildman–Crippen LogP) is 1.33. The summed E-state index contributed by atoms with van der Waals surface area (Å²) in [5.41, 5.74) is 0.933. The van der Waals surface area contributed by atoms with Crippen molar-refractivity contribution in [1.29, 1.82) is 0 Å². The van der Waals surface area contributed by atoms with Gasteiger partial charge in [-0.1, -0.05) is 0 Å². The molecule has 1 aromatic rings. The van der Waals surface area contributed by atoms with Crippen LogP contribution in [0.15, 0.2) is 28.7 Å². The van der Waals surface area contributed by atoms with E-state index in [4.69, 9.17) is 9.47 Å². The molecule has 0 bridgehead atoms. The summed E-state index contributed by atoms with van der Waals surface area (Å²) >= 11 is 0. The smallest absolute Gasteiger partial charge is 0.226 e. The summed E-state index contributed by atoms with van der Waals surface area (Å²) in [5.74, 6) is -2.00. The molecule has 1 unspecified atom stereocenters. The number of phenolic OH excluding ortho intramolecular Hbond substituents is 2. The maximum absolute atomic E-state index is 13.5. The highest BCUT2D eigenvalue weighted by molar-refractivity contribution is 6.36. The maximum Gasteiger partial charge on any atom is 0.226 e. The summed E-state index contributed by atoms with van der Waals surface area (Å²) in [7, 11) is 4.24. The Morgan fingerprint density at radius 3 is 2.31 bits per heavy atom. The van der Waals surface area contributed by atoms with E-state index >= 15 is 0 Å². The monoisotopic (exact) mass is 484 g/mol. The third kappa shape index (κ3) is 3.35. The van der Waals surface area contributed by atoms with Gasteiger partial charge in [0, 0.05) is 40.6 Å². The van der Waals surface area contributed by atoms with Gasteiger partial charge in [0.1, 0.15) is 18.0 Å². The van der Waals surface area contributed by atoms with Gasteiger partial charge in [0.25, 0.3) is 0 Å². The fourth-order valence-electron chi connectivity index (χ4n) is 5.19. The number of hydrogen-bond donors (Lipinski definition) is 3. The summed E-state index contributed by atoms with van der Waals surface area (Å²) in [6, 6.07) is -1.84. The number of allylic oxidation sites excluding steroid dienone is 2. The number of nitrogens with zero attached hydrogens (tertiary/aromatic N) is 2. The average Bonchev–Trinajstić information content (AvgIpc) is 2.81. The minimum absolute atomic E-state index is 0.0326. The van der Waals surface area contributed by atoms with E-state index in [1.807, 2.05) is 0 Å². The molecule has 3 aliphatic rings. The van der Waals surface area contributed by atoms with Crippen molar-refractivity contribution in [2.75, 3.05) is 27.8 Å². The van der Waals surface area contributed by atoms with Crippen LogP contribution in [0.5, 0.6) is 17.2 Å². The Labute approximate surface area is 202 Å². The van der Waals surface area contributed by atoms with Crippen molar-refractivity contribution >= 4 is 23.4 Å². The lowest BCUT2D eigenvalue weighted by Gasteiger charge is -2.44. The van der Waals surface area contributed by atoms with E-state index in [1.54, 1.807) is 20.9 Å². The first kappa shape index (κ1) is 24.5. The van der Waals surface area contributed by atoms with Crippen LogP contribution in [0.25, 0.3) is 6.08 Å². The molecular weight excluding hydrogens is 456 g/mol. The molecule has 35 heavy (non-hydrogen) atoms. The molecule has 10 heteroatoms. The van der Waals surface area contributed by atoms with Crippen molar-refractivity contribution in [1.82, 2.24) is 9.80 Å². The molecule has 1 aliphatic carbocycles. The van der Waals surface area contributed by atoms with Crippen LogP contribution in [0.4, 0.5) is 0 Å². The number of benzene rings is 1. The zero-order valence-corrected chi connectivity index (χ0v) is 20.4. The topological polar surface area (TPSA) is 137 Å². The number of hydrogen-bond acceptors (Lipinski definition) is 10. The molecule has 10 nitrogen and oxygen atoms in total. The molecule has 0 saturated heterocycles. The Morgan fingerprint density at radius 1 is 1.06 bits per heavy atom. The van der Waals surface area contributed by atoms with Gasteiger partial charge in [-0.15, -0.1) is 0 Å². The number of aromatic hydroxyl groups is 2. The number of Topliss-reactive ketones (excluding diaryl/α,β-unsaturated/α-hetero) is 3. The summed E-state index contributed by atoms with van der Waals surface area (Å²) in [5, 5.41) is 32.9. The van der Waals surface area contributed by atoms with E-state index in [2.05, 4.69) is 0 Å². The minimum atomic E-state index is -1.44. The van der Waals surface area contributed by atoms with E-state index < -0.39 is 35.7 Å². The lowest BCUT2D eigenvalue weighted by Crippen LogP contribution is -2.58. The van der Waals surface area contributed by atoms with Crippen LogP contribution < -0.4 is 4.74 Å². The molecule has 0 saturated carbocycles. The van der Waals surface area contributed by atoms with Gasteiger partial charge in [-0.3, -0.25) is 19.3 Å². The highest BCUT2D eigenvalue weighted by Gasteiger charge is 2.48. The number of ketones is 3. The largest absolute Gasteiger partial charge is 0.507 e. The van der Waals surface area contributed by atoms with Crippen LogP contribution in [0.2, 0.25) is 0 Å². The minimum Gasteiger partial charge on any atom is -0.507 e. The van der Waals surface area contributed by atoms with E-state index in [-0.39, 0.29) is 46.3 Å². The van der Waals surface area contributed by atoms with Crippen molar-refractivity contribution in [3.05, 3.63) is 45.4 Å². The molecule has 1 aromatic carbocycles. The van der Waals surface area contributed by atoms with Gasteiger partial charge >= 0.3 is 0 Å². The average molecular weight is 485 g/mol. The van der Waals surface area contributed by atoms with Crippen LogP contribution in [0.1, 0.15) is 36.6 Å². The van der Waals surface area contributed by atoms with Crippen LogP contribution in [-0.4, -0.2) is 82.6 Å². The molecular formula is C25H28N2O8. The Hall–Kier alpha value is -3.63. The maximum atomic E-state index is 13.5. The van der Waals surface area contributed by atoms with Gasteiger partial charge in [0.05, 0.1) is 25.8 Å². The zero-order chi connectivity index (χ0) is 25.9. The normalized spacial score (nSPS) is 23.5. The molecule has 0 fully saturated rings. The van der Waals surface area contributed by atoms with Gasteiger partial charge < -0.3 is 29.7 Å². The van der Waals surface area contributed by atoms with Gasteiger partial charge in [-0.25, -0.2) is 0 Å². The summed E-state index contributed by atoms with van der Waals surface area (Å²) < 4.78 is 10.4. The van der Waals surface area contributed by atoms with Gasteiger partial charge in [-0.05, 0) is 33.9 Å². The molecule has 0 amide bonds. The van der Waals surface area contributed by atoms with E-state index in [0.29, 0.717) is 16.7 Å². The van der Waals surface area contributed by atoms with Gasteiger partial charge in [-0.2, -0.15) is 0 Å². The number of fused-ring (bicyclic) bond motifs is 1.